The summed E-state index contributed by atoms with van der Waals surface area (Å²) in [6, 6.07) is 22.7. The van der Waals surface area contributed by atoms with E-state index < -0.39 is 5.41 Å². The molecular formula is C31H26N4O. The summed E-state index contributed by atoms with van der Waals surface area (Å²) in [4.78, 5) is 20.9. The Labute approximate surface area is 211 Å². The third-order valence-electron chi connectivity index (χ3n) is 7.95. The van der Waals surface area contributed by atoms with Crippen LogP contribution in [-0.4, -0.2) is 20.5 Å². The van der Waals surface area contributed by atoms with Gasteiger partial charge in [0.2, 0.25) is 5.70 Å². The van der Waals surface area contributed by atoms with E-state index in [0.29, 0.717) is 0 Å². The van der Waals surface area contributed by atoms with Gasteiger partial charge in [0.25, 0.3) is 0 Å². The van der Waals surface area contributed by atoms with Crippen LogP contribution in [0.2, 0.25) is 0 Å². The second-order valence-corrected chi connectivity index (χ2v) is 9.96. The van der Waals surface area contributed by atoms with Crippen molar-refractivity contribution in [3.8, 4) is 28.1 Å². The third kappa shape index (κ3) is 3.33. The van der Waals surface area contributed by atoms with Crippen LogP contribution in [0.25, 0.3) is 32.9 Å². The fourth-order valence-corrected chi connectivity index (χ4v) is 6.17. The van der Waals surface area contributed by atoms with E-state index >= 15 is 0 Å². The zero-order valence-corrected chi connectivity index (χ0v) is 20.3. The van der Waals surface area contributed by atoms with Crippen molar-refractivity contribution in [2.75, 3.05) is 0 Å². The molecule has 6 rings (SSSR count). The first kappa shape index (κ1) is 22.2. The van der Waals surface area contributed by atoms with Crippen molar-refractivity contribution in [2.45, 2.75) is 32.1 Å². The number of ketones is 1. The lowest BCUT2D eigenvalue weighted by atomic mass is 9.58. The molecule has 2 aromatic carbocycles. The van der Waals surface area contributed by atoms with Crippen LogP contribution in [0.3, 0.4) is 0 Å². The molecule has 0 radical (unpaired) electrons. The number of hydrogen-bond donors (Lipinski definition) is 0. The quantitative estimate of drug-likeness (QED) is 0.324. The number of benzene rings is 2. The van der Waals surface area contributed by atoms with Crippen LogP contribution < -0.4 is 0 Å². The lowest BCUT2D eigenvalue weighted by Gasteiger charge is -2.45. The maximum absolute atomic E-state index is 12.9. The predicted octanol–water partition coefficient (Wildman–Crippen LogP) is 6.44. The summed E-state index contributed by atoms with van der Waals surface area (Å²) < 4.78 is 2.04. The van der Waals surface area contributed by atoms with Gasteiger partial charge >= 0.3 is 0 Å². The molecule has 5 nitrogen and oxygen atoms in total. The zero-order chi connectivity index (χ0) is 24.9. The Bertz CT molecular complexity index is 1530. The topological polar surface area (TPSA) is 52.1 Å². The molecule has 2 aromatic heterocycles. The van der Waals surface area contributed by atoms with E-state index in [2.05, 4.69) is 53.2 Å². The number of rotatable bonds is 3. The van der Waals surface area contributed by atoms with Crippen LogP contribution in [0.15, 0.2) is 90.9 Å². The van der Waals surface area contributed by atoms with E-state index in [1.807, 2.05) is 54.2 Å². The number of carbonyl (C=O) groups excluding carboxylic acids is 1. The van der Waals surface area contributed by atoms with Crippen molar-refractivity contribution in [2.24, 2.45) is 11.8 Å². The van der Waals surface area contributed by atoms with Gasteiger partial charge in [0, 0.05) is 34.9 Å². The lowest BCUT2D eigenvalue weighted by molar-refractivity contribution is -0.121. The van der Waals surface area contributed by atoms with Crippen LogP contribution >= 0.6 is 0 Å². The number of Topliss-reactive ketones (excluding diaryl/α,β-unsaturated/α-hetero) is 1. The van der Waals surface area contributed by atoms with Gasteiger partial charge in [-0.05, 0) is 54.2 Å². The molecule has 3 atom stereocenters. The minimum atomic E-state index is -0.480. The Morgan fingerprint density at radius 1 is 1.00 bits per heavy atom. The maximum atomic E-state index is 12.9. The summed E-state index contributed by atoms with van der Waals surface area (Å²) in [5.74, 6) is -0.131. The molecule has 2 aliphatic carbocycles. The van der Waals surface area contributed by atoms with E-state index in [4.69, 9.17) is 11.7 Å². The molecule has 2 aliphatic rings. The highest BCUT2D eigenvalue weighted by Gasteiger charge is 2.50. The zero-order valence-electron chi connectivity index (χ0n) is 20.3. The molecule has 0 fully saturated rings. The molecular weight excluding hydrogens is 444 g/mol. The van der Waals surface area contributed by atoms with Gasteiger partial charge in [-0.25, -0.2) is 9.53 Å². The Morgan fingerprint density at radius 2 is 1.72 bits per heavy atom. The molecule has 0 bridgehead atoms. The SMILES string of the molecule is [C-]#[N+]C1=C[C@@]2(C)c3c(c(-c4cccnc4)nn3-c3ccc(-c4ccccc4)cc3)CC[C@@H]2[C@@H](C)C1=O. The Balaban J connectivity index is 1.57. The molecule has 5 heteroatoms. The number of pyridine rings is 1. The Hall–Kier alpha value is -4.30. The van der Waals surface area contributed by atoms with Gasteiger partial charge in [-0.1, -0.05) is 62.4 Å². The first-order chi connectivity index (χ1) is 17.5. The molecule has 0 saturated carbocycles. The second-order valence-electron chi connectivity index (χ2n) is 9.96. The van der Waals surface area contributed by atoms with E-state index in [-0.39, 0.29) is 23.3 Å². The molecule has 0 unspecified atom stereocenters. The summed E-state index contributed by atoms with van der Waals surface area (Å²) in [6.07, 6.45) is 7.25. The molecule has 4 aromatic rings. The highest BCUT2D eigenvalue weighted by atomic mass is 16.1. The van der Waals surface area contributed by atoms with E-state index in [1.165, 1.54) is 11.1 Å². The highest BCUT2D eigenvalue weighted by molar-refractivity contribution is 6.00. The van der Waals surface area contributed by atoms with Crippen molar-refractivity contribution in [3.05, 3.63) is 114 Å². The van der Waals surface area contributed by atoms with Crippen LogP contribution in [0, 0.1) is 18.4 Å². The molecule has 0 spiro atoms. The van der Waals surface area contributed by atoms with E-state index in [1.54, 1.807) is 6.20 Å². The van der Waals surface area contributed by atoms with Crippen LogP contribution in [0.5, 0.6) is 0 Å². The van der Waals surface area contributed by atoms with Gasteiger partial charge in [-0.2, -0.15) is 5.10 Å². The van der Waals surface area contributed by atoms with E-state index in [0.717, 1.165) is 41.0 Å². The summed E-state index contributed by atoms with van der Waals surface area (Å²) in [5.41, 5.74) is 7.18. The third-order valence-corrected chi connectivity index (χ3v) is 7.95. The molecule has 36 heavy (non-hydrogen) atoms. The number of allylic oxidation sites excluding steroid dienone is 2. The molecule has 0 N–H and O–H groups in total. The first-order valence-electron chi connectivity index (χ1n) is 12.3. The fourth-order valence-electron chi connectivity index (χ4n) is 6.17. The molecule has 2 heterocycles. The lowest BCUT2D eigenvalue weighted by Crippen LogP contribution is -2.46. The van der Waals surface area contributed by atoms with Gasteiger partial charge in [0.15, 0.2) is 5.78 Å². The minimum Gasteiger partial charge on any atom is -0.308 e. The Kier molecular flexibility index (Phi) is 5.19. The van der Waals surface area contributed by atoms with Gasteiger partial charge in [-0.3, -0.25) is 4.98 Å². The molecule has 0 aliphatic heterocycles. The van der Waals surface area contributed by atoms with Gasteiger partial charge < -0.3 is 4.79 Å². The Morgan fingerprint density at radius 3 is 2.42 bits per heavy atom. The largest absolute Gasteiger partial charge is 0.308 e. The predicted molar refractivity (Wildman–Crippen MR) is 140 cm³/mol. The van der Waals surface area contributed by atoms with Gasteiger partial charge in [-0.15, -0.1) is 0 Å². The average Bonchev–Trinajstić information content (AvgIpc) is 3.33. The summed E-state index contributed by atoms with van der Waals surface area (Å²) in [7, 11) is 0. The normalized spacial score (nSPS) is 22.8. The molecule has 176 valence electrons. The van der Waals surface area contributed by atoms with Crippen molar-refractivity contribution < 1.29 is 4.79 Å². The fraction of sp³-hybridized carbons (Fsp3) is 0.226. The second kappa shape index (κ2) is 8.42. The van der Waals surface area contributed by atoms with Crippen molar-refractivity contribution in [1.82, 2.24) is 14.8 Å². The number of aromatic nitrogens is 3. The van der Waals surface area contributed by atoms with Crippen LogP contribution in [-0.2, 0) is 16.6 Å². The average molecular weight is 471 g/mol. The minimum absolute atomic E-state index is 0.0401. The van der Waals surface area contributed by atoms with Crippen molar-refractivity contribution >= 4 is 5.78 Å². The van der Waals surface area contributed by atoms with Crippen LogP contribution in [0.1, 0.15) is 31.5 Å². The van der Waals surface area contributed by atoms with Gasteiger partial charge in [0.05, 0.1) is 23.6 Å². The molecule has 0 amide bonds. The first-order valence-corrected chi connectivity index (χ1v) is 12.3. The van der Waals surface area contributed by atoms with Crippen molar-refractivity contribution in [3.63, 3.8) is 0 Å². The summed E-state index contributed by atoms with van der Waals surface area (Å²) >= 11 is 0. The summed E-state index contributed by atoms with van der Waals surface area (Å²) in [5, 5.41) is 5.15. The summed E-state index contributed by atoms with van der Waals surface area (Å²) in [6.45, 7) is 11.8. The monoisotopic (exact) mass is 470 g/mol. The highest BCUT2D eigenvalue weighted by Crippen LogP contribution is 2.52. The van der Waals surface area contributed by atoms with E-state index in [9.17, 15) is 4.79 Å². The van der Waals surface area contributed by atoms with Gasteiger partial charge in [0.1, 0.15) is 0 Å². The smallest absolute Gasteiger partial charge is 0.226 e. The number of hydrogen-bond acceptors (Lipinski definition) is 3. The standard InChI is InChI=1S/C31H26N4O/c1-20-26-16-15-25-28(23-10-7-17-33-19-23)34-35(30(25)31(26,2)18-27(32-3)29(20)36)24-13-11-22(12-14-24)21-8-5-4-6-9-21/h4-14,17-20,26H,15-16H2,1-2H3/t20-,26-,31-/m1/s1. The van der Waals surface area contributed by atoms with Crippen molar-refractivity contribution in [1.29, 1.82) is 0 Å². The van der Waals surface area contributed by atoms with Crippen LogP contribution in [0.4, 0.5) is 0 Å². The number of nitrogens with zero attached hydrogens (tertiary/aromatic N) is 4. The number of fused-ring (bicyclic) bond motifs is 3. The maximum Gasteiger partial charge on any atom is 0.226 e. The number of carbonyl (C=O) groups is 1. The molecule has 0 saturated heterocycles.